The standard InChI is InChI=1S/C19H24ClN3O/c1-13-10-14(20)11-16(19(13)24-15-5-7-21-8-6-15)17-12-22-23-9-3-2-4-18(17)23/h10-12,15,21H,2-9H2,1H3. The third-order valence-corrected chi connectivity index (χ3v) is 5.30. The molecule has 1 aromatic carbocycles. The number of hydrogen-bond acceptors (Lipinski definition) is 3. The highest BCUT2D eigenvalue weighted by atomic mass is 35.5. The smallest absolute Gasteiger partial charge is 0.130 e. The van der Waals surface area contributed by atoms with Crippen LogP contribution in [0.15, 0.2) is 18.3 Å². The maximum Gasteiger partial charge on any atom is 0.130 e. The molecule has 1 aromatic heterocycles. The quantitative estimate of drug-likeness (QED) is 0.914. The lowest BCUT2D eigenvalue weighted by atomic mass is 9.98. The number of nitrogens with zero attached hydrogens (tertiary/aromatic N) is 2. The lowest BCUT2D eigenvalue weighted by Crippen LogP contribution is -2.34. The average molecular weight is 346 g/mol. The van der Waals surface area contributed by atoms with Gasteiger partial charge in [-0.1, -0.05) is 11.6 Å². The largest absolute Gasteiger partial charge is 0.489 e. The predicted molar refractivity (Wildman–Crippen MR) is 96.9 cm³/mol. The van der Waals surface area contributed by atoms with E-state index in [2.05, 4.69) is 22.0 Å². The summed E-state index contributed by atoms with van der Waals surface area (Å²) in [7, 11) is 0. The molecule has 0 atom stereocenters. The lowest BCUT2D eigenvalue weighted by molar-refractivity contribution is 0.162. The van der Waals surface area contributed by atoms with Crippen LogP contribution < -0.4 is 10.1 Å². The Balaban J connectivity index is 1.75. The monoisotopic (exact) mass is 345 g/mol. The Labute approximate surface area is 148 Å². The molecule has 1 fully saturated rings. The molecule has 2 aromatic rings. The van der Waals surface area contributed by atoms with E-state index in [4.69, 9.17) is 16.3 Å². The number of rotatable bonds is 3. The number of halogens is 1. The number of hydrogen-bond donors (Lipinski definition) is 1. The van der Waals surface area contributed by atoms with Gasteiger partial charge in [0.2, 0.25) is 0 Å². The summed E-state index contributed by atoms with van der Waals surface area (Å²) in [6, 6.07) is 4.04. The average Bonchev–Trinajstić information content (AvgIpc) is 3.02. The van der Waals surface area contributed by atoms with Crippen LogP contribution in [0.25, 0.3) is 11.1 Å². The third-order valence-electron chi connectivity index (χ3n) is 5.08. The summed E-state index contributed by atoms with van der Waals surface area (Å²) in [6.45, 7) is 5.15. The van der Waals surface area contributed by atoms with E-state index in [1.165, 1.54) is 24.1 Å². The van der Waals surface area contributed by atoms with Crippen LogP contribution in [-0.2, 0) is 13.0 Å². The third kappa shape index (κ3) is 3.05. The molecule has 0 amide bonds. The minimum atomic E-state index is 0.274. The van der Waals surface area contributed by atoms with Crippen molar-refractivity contribution in [1.82, 2.24) is 15.1 Å². The van der Waals surface area contributed by atoms with E-state index in [1.54, 1.807) is 0 Å². The van der Waals surface area contributed by atoms with Crippen LogP contribution in [0.2, 0.25) is 5.02 Å². The molecule has 1 N–H and O–H groups in total. The summed E-state index contributed by atoms with van der Waals surface area (Å²) in [5, 5.41) is 8.74. The second-order valence-corrected chi connectivity index (χ2v) is 7.29. The van der Waals surface area contributed by atoms with Crippen molar-refractivity contribution in [2.45, 2.75) is 51.7 Å². The van der Waals surface area contributed by atoms with Gasteiger partial charge in [-0.2, -0.15) is 5.10 Å². The first-order chi connectivity index (χ1) is 11.7. The Bertz CT molecular complexity index is 734. The lowest BCUT2D eigenvalue weighted by Gasteiger charge is -2.26. The summed E-state index contributed by atoms with van der Waals surface area (Å²) in [5.74, 6) is 0.979. The molecule has 5 heteroatoms. The van der Waals surface area contributed by atoms with Gasteiger partial charge in [0, 0.05) is 28.4 Å². The second kappa shape index (κ2) is 6.77. The van der Waals surface area contributed by atoms with Crippen molar-refractivity contribution in [3.8, 4) is 16.9 Å². The molecule has 24 heavy (non-hydrogen) atoms. The van der Waals surface area contributed by atoms with Crippen LogP contribution in [0.3, 0.4) is 0 Å². The minimum absolute atomic E-state index is 0.274. The number of benzene rings is 1. The van der Waals surface area contributed by atoms with E-state index in [1.807, 2.05) is 18.3 Å². The maximum absolute atomic E-state index is 6.45. The van der Waals surface area contributed by atoms with Gasteiger partial charge < -0.3 is 10.1 Å². The van der Waals surface area contributed by atoms with E-state index in [0.717, 1.165) is 60.8 Å². The molecule has 128 valence electrons. The fourth-order valence-electron chi connectivity index (χ4n) is 3.81. The normalized spacial score (nSPS) is 18.4. The molecule has 0 saturated carbocycles. The summed E-state index contributed by atoms with van der Waals surface area (Å²) in [5.41, 5.74) is 4.70. The molecule has 0 unspecified atom stereocenters. The van der Waals surface area contributed by atoms with Gasteiger partial charge in [0.1, 0.15) is 11.9 Å². The first kappa shape index (κ1) is 16.0. The van der Waals surface area contributed by atoms with Gasteiger partial charge in [-0.15, -0.1) is 0 Å². The number of aryl methyl sites for hydroxylation is 2. The van der Waals surface area contributed by atoms with E-state index >= 15 is 0 Å². The summed E-state index contributed by atoms with van der Waals surface area (Å²) in [4.78, 5) is 0. The Morgan fingerprint density at radius 1 is 1.21 bits per heavy atom. The van der Waals surface area contributed by atoms with Crippen molar-refractivity contribution in [2.75, 3.05) is 13.1 Å². The van der Waals surface area contributed by atoms with Gasteiger partial charge in [-0.3, -0.25) is 4.68 Å². The van der Waals surface area contributed by atoms with Crippen molar-refractivity contribution < 1.29 is 4.74 Å². The number of piperidine rings is 1. The van der Waals surface area contributed by atoms with Gasteiger partial charge in [0.05, 0.1) is 6.20 Å². The highest BCUT2D eigenvalue weighted by Gasteiger charge is 2.23. The molecule has 3 heterocycles. The van der Waals surface area contributed by atoms with Crippen LogP contribution in [0.1, 0.15) is 36.9 Å². The van der Waals surface area contributed by atoms with Crippen molar-refractivity contribution in [2.24, 2.45) is 0 Å². The van der Waals surface area contributed by atoms with Crippen LogP contribution in [0.5, 0.6) is 5.75 Å². The predicted octanol–water partition coefficient (Wildman–Crippen LogP) is 3.98. The Morgan fingerprint density at radius 2 is 2.04 bits per heavy atom. The molecule has 0 bridgehead atoms. The van der Waals surface area contributed by atoms with Crippen molar-refractivity contribution in [3.63, 3.8) is 0 Å². The Hall–Kier alpha value is -1.52. The molecular formula is C19H24ClN3O. The van der Waals surface area contributed by atoms with Crippen molar-refractivity contribution >= 4 is 11.6 Å². The zero-order valence-electron chi connectivity index (χ0n) is 14.1. The van der Waals surface area contributed by atoms with Crippen LogP contribution in [0.4, 0.5) is 0 Å². The molecule has 4 nitrogen and oxygen atoms in total. The molecule has 0 radical (unpaired) electrons. The Kier molecular flexibility index (Phi) is 4.51. The summed E-state index contributed by atoms with van der Waals surface area (Å²) < 4.78 is 8.59. The highest BCUT2D eigenvalue weighted by molar-refractivity contribution is 6.31. The molecule has 0 aliphatic carbocycles. The van der Waals surface area contributed by atoms with Crippen molar-refractivity contribution in [1.29, 1.82) is 0 Å². The molecule has 0 spiro atoms. The maximum atomic E-state index is 6.45. The molecule has 2 aliphatic heterocycles. The van der Waals surface area contributed by atoms with Crippen LogP contribution in [0, 0.1) is 6.92 Å². The number of nitrogens with one attached hydrogen (secondary N) is 1. The fraction of sp³-hybridized carbons (Fsp3) is 0.526. The van der Waals surface area contributed by atoms with Crippen molar-refractivity contribution in [3.05, 3.63) is 34.6 Å². The highest BCUT2D eigenvalue weighted by Crippen LogP contribution is 2.39. The van der Waals surface area contributed by atoms with E-state index in [0.29, 0.717) is 0 Å². The zero-order valence-corrected chi connectivity index (χ0v) is 14.9. The summed E-state index contributed by atoms with van der Waals surface area (Å²) >= 11 is 6.37. The van der Waals surface area contributed by atoms with Gasteiger partial charge in [0.15, 0.2) is 0 Å². The van der Waals surface area contributed by atoms with E-state index in [9.17, 15) is 0 Å². The molecular weight excluding hydrogens is 322 g/mol. The minimum Gasteiger partial charge on any atom is -0.489 e. The zero-order chi connectivity index (χ0) is 16.5. The van der Waals surface area contributed by atoms with Gasteiger partial charge in [-0.25, -0.2) is 0 Å². The summed E-state index contributed by atoms with van der Waals surface area (Å²) in [6.07, 6.45) is 7.87. The van der Waals surface area contributed by atoms with E-state index < -0.39 is 0 Å². The Morgan fingerprint density at radius 3 is 2.88 bits per heavy atom. The molecule has 1 saturated heterocycles. The second-order valence-electron chi connectivity index (χ2n) is 6.85. The number of aromatic nitrogens is 2. The van der Waals surface area contributed by atoms with Gasteiger partial charge >= 0.3 is 0 Å². The first-order valence-corrected chi connectivity index (χ1v) is 9.33. The number of fused-ring (bicyclic) bond motifs is 1. The fourth-order valence-corrected chi connectivity index (χ4v) is 4.09. The van der Waals surface area contributed by atoms with Crippen LogP contribution in [-0.4, -0.2) is 29.0 Å². The van der Waals surface area contributed by atoms with Gasteiger partial charge in [0.25, 0.3) is 0 Å². The van der Waals surface area contributed by atoms with Crippen LogP contribution >= 0.6 is 11.6 Å². The van der Waals surface area contributed by atoms with Gasteiger partial charge in [-0.05, 0) is 69.8 Å². The first-order valence-electron chi connectivity index (χ1n) is 8.95. The number of ether oxygens (including phenoxy) is 1. The SMILES string of the molecule is Cc1cc(Cl)cc(-c2cnn3c2CCCC3)c1OC1CCNCC1. The molecule has 2 aliphatic rings. The topological polar surface area (TPSA) is 39.1 Å². The molecule has 4 rings (SSSR count). The van der Waals surface area contributed by atoms with E-state index in [-0.39, 0.29) is 6.10 Å².